The van der Waals surface area contributed by atoms with E-state index in [-0.39, 0.29) is 0 Å². The van der Waals surface area contributed by atoms with Crippen molar-refractivity contribution in [2.45, 2.75) is 19.3 Å². The lowest BCUT2D eigenvalue weighted by atomic mass is 10.1. The summed E-state index contributed by atoms with van der Waals surface area (Å²) in [6.07, 6.45) is -0.408. The van der Waals surface area contributed by atoms with Crippen molar-refractivity contribution in [2.24, 2.45) is 0 Å². The topological polar surface area (TPSA) is 56.8 Å². The molecule has 1 atom stereocenters. The molecule has 0 unspecified atom stereocenters. The lowest BCUT2D eigenvalue weighted by molar-refractivity contribution is -1.02. The van der Waals surface area contributed by atoms with Gasteiger partial charge in [0.2, 0.25) is 6.79 Å². The lowest BCUT2D eigenvalue weighted by Crippen LogP contribution is -3.28. The summed E-state index contributed by atoms with van der Waals surface area (Å²) in [5.41, 5.74) is 2.43. The fraction of sp³-hybridized carbons (Fsp3) is 0.455. The third kappa shape index (κ3) is 5.23. The second-order valence-corrected chi connectivity index (χ2v) is 7.72. The second kappa shape index (κ2) is 9.39. The van der Waals surface area contributed by atoms with Crippen LogP contribution < -0.4 is 19.3 Å². The van der Waals surface area contributed by atoms with Crippen LogP contribution in [0.4, 0.5) is 0 Å². The van der Waals surface area contributed by atoms with Crippen molar-refractivity contribution >= 4 is 0 Å². The van der Waals surface area contributed by atoms with Crippen molar-refractivity contribution < 1.29 is 29.1 Å². The maximum Gasteiger partial charge on any atom is 0.231 e. The summed E-state index contributed by atoms with van der Waals surface area (Å²) in [6, 6.07) is 16.3. The van der Waals surface area contributed by atoms with E-state index in [9.17, 15) is 5.11 Å². The first kappa shape index (κ1) is 19.2. The zero-order valence-corrected chi connectivity index (χ0v) is 16.2. The molecule has 0 radical (unpaired) electrons. The first-order chi connectivity index (χ1) is 13.8. The largest absolute Gasteiger partial charge is 0.454 e. The number of fused-ring (bicyclic) bond motifs is 1. The van der Waals surface area contributed by atoms with Crippen LogP contribution in [-0.2, 0) is 17.9 Å². The van der Waals surface area contributed by atoms with Gasteiger partial charge in [-0.15, -0.1) is 0 Å². The monoisotopic (exact) mass is 386 g/mol. The molecular formula is C22H30N2O4+2. The Hall–Kier alpha value is -2.12. The van der Waals surface area contributed by atoms with Crippen LogP contribution in [0, 0.1) is 0 Å². The van der Waals surface area contributed by atoms with Crippen LogP contribution in [0.25, 0.3) is 0 Å². The third-order valence-corrected chi connectivity index (χ3v) is 5.50. The first-order valence-corrected chi connectivity index (χ1v) is 10.1. The zero-order valence-electron chi connectivity index (χ0n) is 16.2. The standard InChI is InChI=1S/C22H28N2O4/c25-20(16-26-15-18-4-2-1-3-5-18)14-24-10-8-23(9-11-24)13-19-6-7-21-22(12-19)28-17-27-21/h1-7,12,20,25H,8-11,13-17H2/p+2/t20-/m0/s1. The van der Waals surface area contributed by atoms with Gasteiger partial charge in [0.1, 0.15) is 45.4 Å². The zero-order chi connectivity index (χ0) is 19.2. The maximum atomic E-state index is 10.3. The molecule has 0 bridgehead atoms. The van der Waals surface area contributed by atoms with E-state index in [2.05, 4.69) is 12.1 Å². The van der Waals surface area contributed by atoms with Gasteiger partial charge in [-0.05, 0) is 23.8 Å². The van der Waals surface area contributed by atoms with Crippen LogP contribution >= 0.6 is 0 Å². The van der Waals surface area contributed by atoms with Crippen LogP contribution in [0.1, 0.15) is 11.1 Å². The van der Waals surface area contributed by atoms with Crippen molar-refractivity contribution in [3.63, 3.8) is 0 Å². The molecule has 2 aromatic carbocycles. The number of aliphatic hydroxyl groups is 1. The summed E-state index contributed by atoms with van der Waals surface area (Å²) < 4.78 is 16.5. The van der Waals surface area contributed by atoms with E-state index in [1.807, 2.05) is 36.4 Å². The van der Waals surface area contributed by atoms with Crippen molar-refractivity contribution in [2.75, 3.05) is 46.1 Å². The quantitative estimate of drug-likeness (QED) is 0.560. The van der Waals surface area contributed by atoms with Gasteiger partial charge in [0, 0.05) is 5.56 Å². The first-order valence-electron chi connectivity index (χ1n) is 10.1. The molecule has 150 valence electrons. The van der Waals surface area contributed by atoms with Crippen molar-refractivity contribution in [3.8, 4) is 11.5 Å². The lowest BCUT2D eigenvalue weighted by Gasteiger charge is -2.30. The summed E-state index contributed by atoms with van der Waals surface area (Å²) in [5, 5.41) is 10.3. The Morgan fingerprint density at radius 2 is 1.64 bits per heavy atom. The number of quaternary nitrogens is 2. The predicted molar refractivity (Wildman–Crippen MR) is 105 cm³/mol. The number of aliphatic hydroxyl groups excluding tert-OH is 1. The highest BCUT2D eigenvalue weighted by atomic mass is 16.7. The van der Waals surface area contributed by atoms with E-state index in [1.165, 1.54) is 10.5 Å². The average molecular weight is 386 g/mol. The van der Waals surface area contributed by atoms with Crippen molar-refractivity contribution in [1.29, 1.82) is 0 Å². The Morgan fingerprint density at radius 3 is 2.46 bits per heavy atom. The van der Waals surface area contributed by atoms with Crippen LogP contribution in [0.5, 0.6) is 11.5 Å². The Labute approximate surface area is 166 Å². The number of piperazine rings is 1. The molecule has 0 spiro atoms. The molecule has 2 heterocycles. The SMILES string of the molecule is O[C@H](COCc1ccccc1)C[NH+]1CC[NH+](Cc2ccc3c(c2)OCO3)CC1. The van der Waals surface area contributed by atoms with Crippen LogP contribution in [0.3, 0.4) is 0 Å². The molecule has 0 amide bonds. The summed E-state index contributed by atoms with van der Waals surface area (Å²) in [7, 11) is 0. The van der Waals surface area contributed by atoms with Gasteiger partial charge in [-0.25, -0.2) is 0 Å². The molecule has 0 aliphatic carbocycles. The molecule has 6 nitrogen and oxygen atoms in total. The summed E-state index contributed by atoms with van der Waals surface area (Å²) in [6.45, 7) is 7.42. The van der Waals surface area contributed by atoms with Gasteiger partial charge in [-0.2, -0.15) is 0 Å². The molecule has 0 aromatic heterocycles. The third-order valence-electron chi connectivity index (χ3n) is 5.50. The minimum Gasteiger partial charge on any atom is -0.454 e. The predicted octanol–water partition coefficient (Wildman–Crippen LogP) is -0.724. The number of nitrogens with one attached hydrogen (secondary N) is 2. The Bertz CT molecular complexity index is 747. The molecule has 1 fully saturated rings. The van der Waals surface area contributed by atoms with E-state index in [0.717, 1.165) is 56.3 Å². The van der Waals surface area contributed by atoms with Gasteiger partial charge in [-0.1, -0.05) is 30.3 Å². The smallest absolute Gasteiger partial charge is 0.231 e. The highest BCUT2D eigenvalue weighted by molar-refractivity contribution is 5.44. The van der Waals surface area contributed by atoms with Crippen LogP contribution in [0.15, 0.2) is 48.5 Å². The van der Waals surface area contributed by atoms with Crippen molar-refractivity contribution in [1.82, 2.24) is 0 Å². The summed E-state index contributed by atoms with van der Waals surface area (Å²) in [5.74, 6) is 1.70. The van der Waals surface area contributed by atoms with E-state index in [4.69, 9.17) is 14.2 Å². The highest BCUT2D eigenvalue weighted by Crippen LogP contribution is 2.32. The van der Waals surface area contributed by atoms with Gasteiger partial charge in [0.15, 0.2) is 11.5 Å². The molecular weight excluding hydrogens is 356 g/mol. The van der Waals surface area contributed by atoms with Crippen molar-refractivity contribution in [3.05, 3.63) is 59.7 Å². The van der Waals surface area contributed by atoms with Gasteiger partial charge in [-0.3, -0.25) is 0 Å². The molecule has 3 N–H and O–H groups in total. The second-order valence-electron chi connectivity index (χ2n) is 7.72. The minimum absolute atomic E-state index is 0.324. The van der Waals surface area contributed by atoms with Gasteiger partial charge in [0.25, 0.3) is 0 Å². The number of hydrogen-bond acceptors (Lipinski definition) is 4. The molecule has 4 rings (SSSR count). The molecule has 28 heavy (non-hydrogen) atoms. The Kier molecular flexibility index (Phi) is 6.44. The Balaban J connectivity index is 1.15. The van der Waals surface area contributed by atoms with Crippen LogP contribution in [-0.4, -0.2) is 57.3 Å². The minimum atomic E-state index is -0.408. The summed E-state index contributed by atoms with van der Waals surface area (Å²) in [4.78, 5) is 3.04. The molecule has 1 saturated heterocycles. The normalized spacial score (nSPS) is 22.2. The fourth-order valence-corrected chi connectivity index (χ4v) is 3.96. The Morgan fingerprint density at radius 1 is 0.893 bits per heavy atom. The van der Waals surface area contributed by atoms with Gasteiger partial charge in [0.05, 0.1) is 13.2 Å². The summed E-state index contributed by atoms with van der Waals surface area (Å²) >= 11 is 0. The number of hydrogen-bond donors (Lipinski definition) is 3. The van der Waals surface area contributed by atoms with Crippen LogP contribution in [0.2, 0.25) is 0 Å². The van der Waals surface area contributed by atoms with Gasteiger partial charge < -0.3 is 29.1 Å². The van der Waals surface area contributed by atoms with E-state index in [0.29, 0.717) is 20.0 Å². The number of ether oxygens (including phenoxy) is 3. The maximum absolute atomic E-state index is 10.3. The van der Waals surface area contributed by atoms with E-state index < -0.39 is 6.10 Å². The van der Waals surface area contributed by atoms with Gasteiger partial charge >= 0.3 is 0 Å². The molecule has 2 aromatic rings. The molecule has 2 aliphatic rings. The number of benzene rings is 2. The molecule has 6 heteroatoms. The fourth-order valence-electron chi connectivity index (χ4n) is 3.96. The van der Waals surface area contributed by atoms with E-state index >= 15 is 0 Å². The highest BCUT2D eigenvalue weighted by Gasteiger charge is 2.25. The number of rotatable bonds is 8. The van der Waals surface area contributed by atoms with E-state index in [1.54, 1.807) is 4.90 Å². The molecule has 2 aliphatic heterocycles. The molecule has 0 saturated carbocycles. The average Bonchev–Trinajstić information content (AvgIpc) is 3.18.